The molecular weight excluding hydrogens is 324 g/mol. The van der Waals surface area contributed by atoms with Crippen molar-refractivity contribution in [2.75, 3.05) is 0 Å². The van der Waals surface area contributed by atoms with Crippen molar-refractivity contribution >= 4 is 23.4 Å². The van der Waals surface area contributed by atoms with Crippen molar-refractivity contribution < 1.29 is 24.3 Å². The van der Waals surface area contributed by atoms with E-state index in [4.69, 9.17) is 10.8 Å². The molecule has 4 N–H and O–H groups in total. The van der Waals surface area contributed by atoms with Crippen molar-refractivity contribution in [1.29, 1.82) is 0 Å². The number of carbonyl (C=O) groups is 4. The molecule has 0 saturated heterocycles. The number of carboxylic acids is 1. The van der Waals surface area contributed by atoms with Gasteiger partial charge >= 0.3 is 5.97 Å². The van der Waals surface area contributed by atoms with Crippen LogP contribution < -0.4 is 11.1 Å². The van der Waals surface area contributed by atoms with E-state index >= 15 is 0 Å². The molecule has 7 heteroatoms. The zero-order valence-electron chi connectivity index (χ0n) is 16.9. The molecule has 0 spiro atoms. The van der Waals surface area contributed by atoms with E-state index in [0.717, 1.165) is 12.8 Å². The van der Waals surface area contributed by atoms with Crippen molar-refractivity contribution in [1.82, 2.24) is 5.32 Å². The summed E-state index contributed by atoms with van der Waals surface area (Å²) in [7, 11) is 0. The van der Waals surface area contributed by atoms with Gasteiger partial charge in [0.2, 0.25) is 5.91 Å². The summed E-state index contributed by atoms with van der Waals surface area (Å²) in [6, 6.07) is -0.642. The molecule has 4 atom stereocenters. The van der Waals surface area contributed by atoms with Crippen LogP contribution >= 0.6 is 0 Å². The maximum atomic E-state index is 11.2. The number of ketones is 2. The smallest absolute Gasteiger partial charge is 0.306 e. The molecule has 0 bridgehead atoms. The van der Waals surface area contributed by atoms with Crippen LogP contribution in [0.1, 0.15) is 68.2 Å². The lowest BCUT2D eigenvalue weighted by molar-refractivity contribution is -0.141. The van der Waals surface area contributed by atoms with Crippen LogP contribution in [0.2, 0.25) is 0 Å². The highest BCUT2D eigenvalue weighted by Gasteiger charge is 2.15. The zero-order chi connectivity index (χ0) is 20.7. The minimum absolute atomic E-state index is 0.00759. The molecule has 0 heterocycles. The van der Waals surface area contributed by atoms with E-state index in [9.17, 15) is 19.2 Å². The lowest BCUT2D eigenvalue weighted by Crippen LogP contribution is -2.40. The van der Waals surface area contributed by atoms with Crippen LogP contribution in [0.15, 0.2) is 0 Å². The standard InChI is InChI=1S/C9H17NO2.C5H10O2.C4H9NO/c1-5-6(2)9(12)10-7(3)8(4)11;1-3-4(2)5(6)7;1-3(5)4(2)6/h6-7H,5H2,1-4H3,(H,10,12);4H,3H2,1-2H3,(H,6,7);3H,5H2,1-2H3. The molecule has 0 saturated carbocycles. The lowest BCUT2D eigenvalue weighted by Gasteiger charge is -2.13. The number of Topliss-reactive ketones (excluding diaryl/α,β-unsaturated/α-hetero) is 2. The summed E-state index contributed by atoms with van der Waals surface area (Å²) in [5.41, 5.74) is 5.09. The molecule has 25 heavy (non-hydrogen) atoms. The second-order valence-electron chi connectivity index (χ2n) is 6.20. The van der Waals surface area contributed by atoms with Gasteiger partial charge in [0.25, 0.3) is 0 Å². The first-order chi connectivity index (χ1) is 11.3. The number of nitrogens with two attached hydrogens (primary N) is 1. The molecule has 0 fully saturated rings. The van der Waals surface area contributed by atoms with Crippen LogP contribution in [0.4, 0.5) is 0 Å². The lowest BCUT2D eigenvalue weighted by atomic mass is 10.1. The highest BCUT2D eigenvalue weighted by Crippen LogP contribution is 2.00. The predicted molar refractivity (Wildman–Crippen MR) is 99.2 cm³/mol. The van der Waals surface area contributed by atoms with Gasteiger partial charge in [0, 0.05) is 5.92 Å². The number of carboxylic acid groups (broad SMARTS) is 1. The fourth-order valence-electron chi connectivity index (χ4n) is 0.817. The Kier molecular flexibility index (Phi) is 17.7. The van der Waals surface area contributed by atoms with Gasteiger partial charge in [-0.2, -0.15) is 0 Å². The minimum atomic E-state index is -0.706. The Morgan fingerprint density at radius 3 is 1.40 bits per heavy atom. The minimum Gasteiger partial charge on any atom is -0.481 e. The molecule has 0 aromatic heterocycles. The van der Waals surface area contributed by atoms with E-state index in [1.54, 1.807) is 20.8 Å². The average Bonchev–Trinajstić information content (AvgIpc) is 2.53. The maximum absolute atomic E-state index is 11.2. The van der Waals surface area contributed by atoms with Gasteiger partial charge in [0.15, 0.2) is 5.78 Å². The summed E-state index contributed by atoms with van der Waals surface area (Å²) in [5.74, 6) is -0.906. The molecule has 0 rings (SSSR count). The topological polar surface area (TPSA) is 127 Å². The third kappa shape index (κ3) is 18.4. The number of rotatable bonds is 7. The molecule has 0 aliphatic carbocycles. The van der Waals surface area contributed by atoms with Crippen LogP contribution in [-0.4, -0.2) is 40.6 Å². The van der Waals surface area contributed by atoms with Crippen LogP contribution in [-0.2, 0) is 19.2 Å². The van der Waals surface area contributed by atoms with Crippen LogP contribution in [0.3, 0.4) is 0 Å². The summed E-state index contributed by atoms with van der Waals surface area (Å²) in [5, 5.41) is 10.8. The Morgan fingerprint density at radius 2 is 1.24 bits per heavy atom. The van der Waals surface area contributed by atoms with Gasteiger partial charge in [-0.3, -0.25) is 19.2 Å². The highest BCUT2D eigenvalue weighted by atomic mass is 16.4. The third-order valence-electron chi connectivity index (χ3n) is 3.70. The van der Waals surface area contributed by atoms with Crippen molar-refractivity contribution in [3.05, 3.63) is 0 Å². The molecule has 1 amide bonds. The van der Waals surface area contributed by atoms with Crippen LogP contribution in [0, 0.1) is 11.8 Å². The second-order valence-corrected chi connectivity index (χ2v) is 6.20. The molecule has 0 aliphatic heterocycles. The molecular formula is C18H36N2O5. The van der Waals surface area contributed by atoms with Crippen molar-refractivity contribution in [3.63, 3.8) is 0 Å². The van der Waals surface area contributed by atoms with Gasteiger partial charge in [0.05, 0.1) is 18.0 Å². The summed E-state index contributed by atoms with van der Waals surface area (Å²) in [6.07, 6.45) is 1.52. The van der Waals surface area contributed by atoms with Gasteiger partial charge in [-0.1, -0.05) is 27.7 Å². The normalized spacial score (nSPS) is 14.3. The van der Waals surface area contributed by atoms with E-state index in [2.05, 4.69) is 5.32 Å². The predicted octanol–water partition coefficient (Wildman–Crippen LogP) is 2.17. The first-order valence-electron chi connectivity index (χ1n) is 8.61. The molecule has 0 aliphatic rings. The molecule has 148 valence electrons. The molecule has 0 aromatic carbocycles. The van der Waals surface area contributed by atoms with Crippen LogP contribution in [0.5, 0.6) is 0 Å². The van der Waals surface area contributed by atoms with Gasteiger partial charge in [-0.05, 0) is 40.5 Å². The highest BCUT2D eigenvalue weighted by molar-refractivity contribution is 5.87. The largest absolute Gasteiger partial charge is 0.481 e. The molecule has 0 aromatic rings. The summed E-state index contributed by atoms with van der Waals surface area (Å²) >= 11 is 0. The summed E-state index contributed by atoms with van der Waals surface area (Å²) < 4.78 is 0. The van der Waals surface area contributed by atoms with E-state index in [0.29, 0.717) is 0 Å². The first kappa shape index (κ1) is 28.1. The summed E-state index contributed by atoms with van der Waals surface area (Å²) in [6.45, 7) is 13.7. The fourth-order valence-corrected chi connectivity index (χ4v) is 0.817. The summed E-state index contributed by atoms with van der Waals surface area (Å²) in [4.78, 5) is 41.9. The van der Waals surface area contributed by atoms with Gasteiger partial charge in [0.1, 0.15) is 5.78 Å². The van der Waals surface area contributed by atoms with Gasteiger partial charge in [-0.25, -0.2) is 0 Å². The number of carbonyl (C=O) groups excluding carboxylic acids is 3. The SMILES string of the molecule is CC(=O)C(C)N.CCC(C)C(=O)NC(C)C(C)=O.CCC(C)C(=O)O. The van der Waals surface area contributed by atoms with Gasteiger partial charge in [-0.15, -0.1) is 0 Å². The van der Waals surface area contributed by atoms with Crippen LogP contribution in [0.25, 0.3) is 0 Å². The van der Waals surface area contributed by atoms with Crippen molar-refractivity contribution in [3.8, 4) is 0 Å². The monoisotopic (exact) mass is 360 g/mol. The van der Waals surface area contributed by atoms with E-state index in [-0.39, 0.29) is 41.4 Å². The number of nitrogens with one attached hydrogen (secondary N) is 1. The number of hydrogen-bond acceptors (Lipinski definition) is 5. The van der Waals surface area contributed by atoms with E-state index in [1.807, 2.05) is 20.8 Å². The van der Waals surface area contributed by atoms with E-state index in [1.165, 1.54) is 13.8 Å². The van der Waals surface area contributed by atoms with Gasteiger partial charge < -0.3 is 16.2 Å². The Labute approximate surface area is 151 Å². The first-order valence-corrected chi connectivity index (χ1v) is 8.61. The zero-order valence-corrected chi connectivity index (χ0v) is 16.9. The number of aliphatic carboxylic acids is 1. The van der Waals surface area contributed by atoms with Crippen molar-refractivity contribution in [2.24, 2.45) is 17.6 Å². The maximum Gasteiger partial charge on any atom is 0.306 e. The van der Waals surface area contributed by atoms with E-state index < -0.39 is 5.97 Å². The Morgan fingerprint density at radius 1 is 0.880 bits per heavy atom. The quantitative estimate of drug-likeness (QED) is 0.638. The Hall–Kier alpha value is -1.76. The molecule has 0 radical (unpaired) electrons. The molecule has 7 nitrogen and oxygen atoms in total. The fraction of sp³-hybridized carbons (Fsp3) is 0.778. The Balaban J connectivity index is -0.000000317. The second kappa shape index (κ2) is 15.7. The van der Waals surface area contributed by atoms with Crippen molar-refractivity contribution in [2.45, 2.75) is 80.3 Å². The average molecular weight is 360 g/mol. The Bertz CT molecular complexity index is 422. The number of hydrogen-bond donors (Lipinski definition) is 3. The third-order valence-corrected chi connectivity index (χ3v) is 3.70. The number of amides is 1. The molecule has 4 unspecified atom stereocenters.